The van der Waals surface area contributed by atoms with E-state index in [9.17, 15) is 0 Å². The summed E-state index contributed by atoms with van der Waals surface area (Å²) in [7, 11) is 4.03. The summed E-state index contributed by atoms with van der Waals surface area (Å²) in [6.07, 6.45) is 5.93. The summed E-state index contributed by atoms with van der Waals surface area (Å²) in [4.78, 5) is 4.03. The minimum Gasteiger partial charge on any atom is -0.354 e. The van der Waals surface area contributed by atoms with Crippen LogP contribution in [0.2, 0.25) is 0 Å². The number of benzene rings is 2. The van der Waals surface area contributed by atoms with Crippen molar-refractivity contribution in [2.24, 2.45) is 7.05 Å². The Morgan fingerprint density at radius 3 is 2.41 bits per heavy atom. The van der Waals surface area contributed by atoms with Gasteiger partial charge in [-0.1, -0.05) is 30.0 Å². The van der Waals surface area contributed by atoms with Crippen LogP contribution in [0.3, 0.4) is 0 Å². The first-order valence-corrected chi connectivity index (χ1v) is 11.0. The molecule has 0 N–H and O–H groups in total. The van der Waals surface area contributed by atoms with Crippen molar-refractivity contribution in [2.75, 3.05) is 25.2 Å². The van der Waals surface area contributed by atoms with Crippen molar-refractivity contribution in [3.05, 3.63) is 82.7 Å². The van der Waals surface area contributed by atoms with E-state index in [0.717, 1.165) is 31.2 Å². The second-order valence-corrected chi connectivity index (χ2v) is 8.77. The molecule has 1 aliphatic carbocycles. The Bertz CT molecular complexity index is 1180. The number of hydrogen-bond acceptors (Lipinski definition) is 3. The Balaban J connectivity index is 1.40. The van der Waals surface area contributed by atoms with Crippen molar-refractivity contribution >= 4 is 5.69 Å². The quantitative estimate of drug-likeness (QED) is 0.532. The third kappa shape index (κ3) is 3.47. The van der Waals surface area contributed by atoms with Crippen LogP contribution in [-0.4, -0.2) is 34.9 Å². The fourth-order valence-corrected chi connectivity index (χ4v) is 5.25. The van der Waals surface area contributed by atoms with Crippen LogP contribution in [0.25, 0.3) is 0 Å². The van der Waals surface area contributed by atoms with Crippen molar-refractivity contribution in [1.82, 2.24) is 14.7 Å². The zero-order valence-corrected chi connectivity index (χ0v) is 18.4. The molecule has 1 atom stereocenters. The molecular weight excluding hydrogens is 406 g/mol. The molecule has 1 aromatic heterocycles. The van der Waals surface area contributed by atoms with Crippen LogP contribution in [0.1, 0.15) is 41.6 Å². The maximum atomic E-state index is 15.0. The molecule has 3 aromatic rings. The number of fused-ring (bicyclic) bond motifs is 2. The van der Waals surface area contributed by atoms with Gasteiger partial charge in [0.15, 0.2) is 11.6 Å². The van der Waals surface area contributed by atoms with Crippen LogP contribution in [0.5, 0.6) is 0 Å². The highest BCUT2D eigenvalue weighted by Gasteiger charge is 2.45. The number of rotatable bonds is 1. The van der Waals surface area contributed by atoms with E-state index in [1.807, 2.05) is 55.3 Å². The van der Waals surface area contributed by atoms with E-state index in [0.29, 0.717) is 18.8 Å². The van der Waals surface area contributed by atoms with Gasteiger partial charge < -0.3 is 4.90 Å². The van der Waals surface area contributed by atoms with E-state index < -0.39 is 11.6 Å². The molecule has 1 saturated heterocycles. The Kier molecular flexibility index (Phi) is 5.22. The third-order valence-corrected chi connectivity index (χ3v) is 6.93. The summed E-state index contributed by atoms with van der Waals surface area (Å²) in [5.41, 5.74) is 3.59. The van der Waals surface area contributed by atoms with Crippen LogP contribution in [0.4, 0.5) is 14.5 Å². The lowest BCUT2D eigenvalue weighted by Gasteiger charge is -2.51. The van der Waals surface area contributed by atoms with Crippen LogP contribution in [0, 0.1) is 23.5 Å². The summed E-state index contributed by atoms with van der Waals surface area (Å²) in [5, 5.41) is 4.48. The zero-order valence-electron chi connectivity index (χ0n) is 18.4. The number of nitrogens with zero attached hydrogens (tertiary/aromatic N) is 4. The van der Waals surface area contributed by atoms with E-state index in [4.69, 9.17) is 0 Å². The summed E-state index contributed by atoms with van der Waals surface area (Å²) >= 11 is 0. The van der Waals surface area contributed by atoms with Gasteiger partial charge in [-0.15, -0.1) is 0 Å². The molecule has 1 aliphatic heterocycles. The molecule has 164 valence electrons. The number of hydrogen-bond donors (Lipinski definition) is 0. The molecular formula is C26H26F2N4. The van der Waals surface area contributed by atoms with E-state index in [1.165, 1.54) is 23.4 Å². The summed E-state index contributed by atoms with van der Waals surface area (Å²) in [6, 6.07) is 12.1. The molecule has 32 heavy (non-hydrogen) atoms. The highest BCUT2D eigenvalue weighted by molar-refractivity contribution is 5.55. The highest BCUT2D eigenvalue weighted by atomic mass is 19.1. The average molecular weight is 433 g/mol. The van der Waals surface area contributed by atoms with Gasteiger partial charge in [-0.25, -0.2) is 8.78 Å². The molecule has 2 aliphatic rings. The SMILES string of the molecule is CN1CN(c2c(F)cc(C#Cc3ccccc3)cc2F)CC[C@]12CCCc1c2cnn1C. The molecule has 4 nitrogen and oxygen atoms in total. The standard InChI is InChI=1S/C26H26F2N4/c1-30-18-32(14-13-26(30)12-6-9-24-21(26)17-29-31(24)2)25-22(27)15-20(16-23(25)28)11-10-19-7-4-3-5-8-19/h3-5,7-8,15-17H,6,9,12-14,18H2,1-2H3/t26-/m0/s1. The van der Waals surface area contributed by atoms with Crippen molar-refractivity contribution in [2.45, 2.75) is 31.2 Å². The predicted molar refractivity (Wildman–Crippen MR) is 121 cm³/mol. The van der Waals surface area contributed by atoms with Gasteiger partial charge in [-0.3, -0.25) is 9.58 Å². The van der Waals surface area contributed by atoms with Gasteiger partial charge in [0, 0.05) is 36.0 Å². The van der Waals surface area contributed by atoms with Gasteiger partial charge in [0.1, 0.15) is 5.69 Å². The van der Waals surface area contributed by atoms with Crippen LogP contribution >= 0.6 is 0 Å². The highest BCUT2D eigenvalue weighted by Crippen LogP contribution is 2.45. The first-order chi connectivity index (χ1) is 15.5. The fraction of sp³-hybridized carbons (Fsp3) is 0.346. The van der Waals surface area contributed by atoms with Gasteiger partial charge in [0.2, 0.25) is 0 Å². The molecule has 5 rings (SSSR count). The minimum atomic E-state index is -0.572. The largest absolute Gasteiger partial charge is 0.354 e. The van der Waals surface area contributed by atoms with Gasteiger partial charge in [-0.2, -0.15) is 5.10 Å². The van der Waals surface area contributed by atoms with Gasteiger partial charge in [0.25, 0.3) is 0 Å². The number of anilines is 1. The van der Waals surface area contributed by atoms with Crippen LogP contribution < -0.4 is 4.90 Å². The summed E-state index contributed by atoms with van der Waals surface area (Å²) in [5.74, 6) is 4.69. The van der Waals surface area contributed by atoms with Gasteiger partial charge in [-0.05, 0) is 57.0 Å². The summed E-state index contributed by atoms with van der Waals surface area (Å²) < 4.78 is 32.0. The lowest BCUT2D eigenvalue weighted by atomic mass is 9.75. The first-order valence-electron chi connectivity index (χ1n) is 11.0. The van der Waals surface area contributed by atoms with Crippen molar-refractivity contribution in [3.8, 4) is 11.8 Å². The van der Waals surface area contributed by atoms with E-state index in [-0.39, 0.29) is 11.2 Å². The van der Waals surface area contributed by atoms with Crippen molar-refractivity contribution in [3.63, 3.8) is 0 Å². The topological polar surface area (TPSA) is 24.3 Å². The molecule has 1 spiro atoms. The van der Waals surface area contributed by atoms with Gasteiger partial charge in [0.05, 0.1) is 18.4 Å². The zero-order chi connectivity index (χ0) is 22.3. The smallest absolute Gasteiger partial charge is 0.150 e. The fourth-order valence-electron chi connectivity index (χ4n) is 5.25. The Morgan fingerprint density at radius 2 is 1.69 bits per heavy atom. The lowest BCUT2D eigenvalue weighted by Crippen LogP contribution is -2.57. The molecule has 2 aromatic carbocycles. The van der Waals surface area contributed by atoms with Crippen LogP contribution in [-0.2, 0) is 19.0 Å². The predicted octanol–water partition coefficient (Wildman–Crippen LogP) is 4.43. The first kappa shape index (κ1) is 20.7. The second-order valence-electron chi connectivity index (χ2n) is 8.77. The number of aryl methyl sites for hydroxylation is 1. The monoisotopic (exact) mass is 432 g/mol. The summed E-state index contributed by atoms with van der Waals surface area (Å²) in [6.45, 7) is 1.04. The molecule has 2 heterocycles. The van der Waals surface area contributed by atoms with E-state index in [2.05, 4.69) is 21.8 Å². The molecule has 0 amide bonds. The maximum Gasteiger partial charge on any atom is 0.150 e. The molecule has 6 heteroatoms. The Hall–Kier alpha value is -3.17. The van der Waals surface area contributed by atoms with Crippen LogP contribution in [0.15, 0.2) is 48.7 Å². The lowest BCUT2D eigenvalue weighted by molar-refractivity contribution is 0.0622. The van der Waals surface area contributed by atoms with Crippen molar-refractivity contribution in [1.29, 1.82) is 0 Å². The van der Waals surface area contributed by atoms with E-state index >= 15 is 8.78 Å². The minimum absolute atomic E-state index is 0.0270. The number of halogens is 2. The third-order valence-electron chi connectivity index (χ3n) is 6.93. The second kappa shape index (κ2) is 8.07. The Labute approximate surface area is 187 Å². The normalized spacial score (nSPS) is 20.7. The molecule has 0 saturated carbocycles. The Morgan fingerprint density at radius 1 is 0.969 bits per heavy atom. The average Bonchev–Trinajstić information content (AvgIpc) is 3.17. The molecule has 0 radical (unpaired) electrons. The molecule has 0 bridgehead atoms. The molecule has 1 fully saturated rings. The van der Waals surface area contributed by atoms with E-state index in [1.54, 1.807) is 4.90 Å². The van der Waals surface area contributed by atoms with Gasteiger partial charge >= 0.3 is 0 Å². The maximum absolute atomic E-state index is 15.0. The molecule has 0 unspecified atom stereocenters. The number of aromatic nitrogens is 2. The van der Waals surface area contributed by atoms with Crippen molar-refractivity contribution < 1.29 is 8.78 Å².